The molecule has 0 saturated heterocycles. The second-order valence-corrected chi connectivity index (χ2v) is 10.3. The predicted molar refractivity (Wildman–Crippen MR) is 147 cm³/mol. The summed E-state index contributed by atoms with van der Waals surface area (Å²) in [6, 6.07) is 10.3. The Morgan fingerprint density at radius 3 is 1.76 bits per heavy atom. The molecule has 0 aliphatic heterocycles. The summed E-state index contributed by atoms with van der Waals surface area (Å²) in [6.07, 6.45) is -5.67. The number of carbonyl (C=O) groups is 6. The smallest absolute Gasteiger partial charge is 0.303 e. The molecule has 0 spiro atoms. The molecule has 11 nitrogen and oxygen atoms in total. The van der Waals surface area contributed by atoms with Crippen LogP contribution in [0.4, 0.5) is 0 Å². The highest BCUT2D eigenvalue weighted by atomic mass is 35.5. The summed E-state index contributed by atoms with van der Waals surface area (Å²) in [4.78, 5) is 73.1. The Morgan fingerprint density at radius 2 is 1.24 bits per heavy atom. The Morgan fingerprint density at radius 1 is 0.714 bits per heavy atom. The van der Waals surface area contributed by atoms with E-state index in [-0.39, 0.29) is 27.5 Å². The van der Waals surface area contributed by atoms with Gasteiger partial charge < -0.3 is 24.1 Å². The van der Waals surface area contributed by atoms with E-state index in [0.29, 0.717) is 5.56 Å². The number of rotatable bonds is 9. The minimum absolute atomic E-state index is 0.0428. The van der Waals surface area contributed by atoms with Gasteiger partial charge >= 0.3 is 23.9 Å². The van der Waals surface area contributed by atoms with Gasteiger partial charge in [0, 0.05) is 44.4 Å². The van der Waals surface area contributed by atoms with E-state index in [9.17, 15) is 33.9 Å². The summed E-state index contributed by atoms with van der Waals surface area (Å²) in [5.41, 5.74) is 0.966. The van der Waals surface area contributed by atoms with Crippen LogP contribution < -0.4 is 0 Å². The molecule has 1 unspecified atom stereocenters. The van der Waals surface area contributed by atoms with Crippen LogP contribution in [0.1, 0.15) is 72.4 Å². The Bertz CT molecular complexity index is 1380. The van der Waals surface area contributed by atoms with Crippen LogP contribution in [0, 0.1) is 5.92 Å². The van der Waals surface area contributed by atoms with Crippen molar-refractivity contribution in [2.45, 2.75) is 65.0 Å². The number of carbonyl (C=O) groups excluding carboxylic acids is 6. The van der Waals surface area contributed by atoms with Crippen LogP contribution in [0.15, 0.2) is 42.5 Å². The van der Waals surface area contributed by atoms with Crippen molar-refractivity contribution in [3.8, 4) is 0 Å². The van der Waals surface area contributed by atoms with Crippen molar-refractivity contribution in [2.24, 2.45) is 5.92 Å². The Hall–Kier alpha value is -4.09. The summed E-state index contributed by atoms with van der Waals surface area (Å²) in [5, 5.41) is 11.7. The lowest BCUT2D eigenvalue weighted by atomic mass is 9.70. The highest BCUT2D eigenvalue weighted by Gasteiger charge is 2.56. The lowest BCUT2D eigenvalue weighted by Gasteiger charge is -2.47. The molecule has 2 aromatic carbocycles. The first kappa shape index (κ1) is 32.4. The van der Waals surface area contributed by atoms with Gasteiger partial charge in [-0.1, -0.05) is 41.9 Å². The third-order valence-corrected chi connectivity index (χ3v) is 7.12. The van der Waals surface area contributed by atoms with Crippen molar-refractivity contribution in [3.63, 3.8) is 0 Å². The molecule has 1 aliphatic carbocycles. The zero-order valence-electron chi connectivity index (χ0n) is 23.6. The molecule has 12 heteroatoms. The predicted octanol–water partition coefficient (Wildman–Crippen LogP) is 3.21. The van der Waals surface area contributed by atoms with Gasteiger partial charge in [0.25, 0.3) is 0 Å². The molecular formula is C30H31ClO11. The fourth-order valence-corrected chi connectivity index (χ4v) is 5.23. The maximum absolute atomic E-state index is 13.4. The van der Waals surface area contributed by atoms with Crippen LogP contribution in [-0.2, 0) is 38.1 Å². The molecule has 0 aromatic heterocycles. The number of ether oxygens (including phenoxy) is 4. The lowest BCUT2D eigenvalue weighted by Crippen LogP contribution is -2.61. The summed E-state index contributed by atoms with van der Waals surface area (Å²) in [7, 11) is 0. The maximum Gasteiger partial charge on any atom is 0.303 e. The van der Waals surface area contributed by atoms with E-state index >= 15 is 0 Å². The highest BCUT2D eigenvalue weighted by molar-refractivity contribution is 6.35. The average Bonchev–Trinajstić information content (AvgIpc) is 2.90. The first-order chi connectivity index (χ1) is 19.7. The molecule has 1 fully saturated rings. The summed E-state index contributed by atoms with van der Waals surface area (Å²) in [5.74, 6) is -6.00. The standard InChI is InChI=1S/C30H31ClO11/c1-14(32)19-6-8-20(9-7-19)26(37)22-12-21(10-11-24(22)31)25-27(38)23(13-39-15(2)33)28(40-16(3)34)30(42-18(5)36)29(25)41-17(4)35/h6-12,23,25,27-30,38H,13H2,1-5H3/t23?,25-,27+,28-,29+,30+/m1/s1. The van der Waals surface area contributed by atoms with Gasteiger partial charge in [0.2, 0.25) is 0 Å². The van der Waals surface area contributed by atoms with Gasteiger partial charge in [0.1, 0.15) is 6.61 Å². The maximum atomic E-state index is 13.4. The van der Waals surface area contributed by atoms with E-state index in [1.165, 1.54) is 49.4 Å². The van der Waals surface area contributed by atoms with E-state index in [2.05, 4.69) is 0 Å². The summed E-state index contributed by atoms with van der Waals surface area (Å²) < 4.78 is 21.6. The quantitative estimate of drug-likeness (QED) is 0.255. The van der Waals surface area contributed by atoms with Crippen LogP contribution in [0.5, 0.6) is 0 Å². The van der Waals surface area contributed by atoms with Gasteiger partial charge in [-0.25, -0.2) is 0 Å². The Kier molecular flexibility index (Phi) is 10.6. The molecule has 3 rings (SSSR count). The Balaban J connectivity index is 2.16. The zero-order valence-corrected chi connectivity index (χ0v) is 24.4. The molecule has 2 aromatic rings. The van der Waals surface area contributed by atoms with Crippen molar-refractivity contribution >= 4 is 47.0 Å². The fourth-order valence-electron chi connectivity index (χ4n) is 5.02. The Labute approximate surface area is 247 Å². The number of benzene rings is 2. The number of aliphatic hydroxyl groups is 1. The number of hydrogen-bond acceptors (Lipinski definition) is 11. The number of Topliss-reactive ketones (excluding diaryl/α,β-unsaturated/α-hetero) is 1. The van der Waals surface area contributed by atoms with E-state index in [4.69, 9.17) is 30.5 Å². The van der Waals surface area contributed by atoms with Gasteiger partial charge in [-0.2, -0.15) is 0 Å². The molecule has 6 atom stereocenters. The number of esters is 4. The van der Waals surface area contributed by atoms with Crippen molar-refractivity contribution in [2.75, 3.05) is 6.61 Å². The van der Waals surface area contributed by atoms with Crippen molar-refractivity contribution < 1.29 is 52.8 Å². The van der Waals surface area contributed by atoms with Crippen molar-refractivity contribution in [3.05, 3.63) is 69.7 Å². The van der Waals surface area contributed by atoms with Crippen LogP contribution >= 0.6 is 11.6 Å². The second-order valence-electron chi connectivity index (χ2n) is 9.91. The average molecular weight is 603 g/mol. The van der Waals surface area contributed by atoms with Crippen molar-refractivity contribution in [1.82, 2.24) is 0 Å². The number of halogens is 1. The largest absolute Gasteiger partial charge is 0.465 e. The van der Waals surface area contributed by atoms with Gasteiger partial charge in [0.15, 0.2) is 29.9 Å². The monoisotopic (exact) mass is 602 g/mol. The minimum Gasteiger partial charge on any atom is -0.465 e. The SMILES string of the molecule is CC(=O)OCC1[C@@H](OC(C)=O)[C@H](OC(C)=O)[C@@H](OC(C)=O)[C@H](c2ccc(Cl)c(C(=O)c3ccc(C(C)=O)cc3)c2)[C@H]1O. The van der Waals surface area contributed by atoms with Crippen LogP contribution in [0.3, 0.4) is 0 Å². The number of aliphatic hydroxyl groups excluding tert-OH is 1. The molecule has 0 radical (unpaired) electrons. The minimum atomic E-state index is -1.50. The second kappa shape index (κ2) is 13.7. The molecule has 0 bridgehead atoms. The van der Waals surface area contributed by atoms with Crippen LogP contribution in [0.25, 0.3) is 0 Å². The number of ketones is 2. The van der Waals surface area contributed by atoms with Gasteiger partial charge in [0.05, 0.1) is 23.0 Å². The van der Waals surface area contributed by atoms with Crippen LogP contribution in [0.2, 0.25) is 5.02 Å². The van der Waals surface area contributed by atoms with Gasteiger partial charge in [-0.3, -0.25) is 28.8 Å². The van der Waals surface area contributed by atoms with Crippen molar-refractivity contribution in [1.29, 1.82) is 0 Å². The summed E-state index contributed by atoms with van der Waals surface area (Å²) in [6.45, 7) is 5.44. The normalized spacial score (nSPS) is 23.3. The molecule has 0 heterocycles. The first-order valence-corrected chi connectivity index (χ1v) is 13.4. The molecule has 1 saturated carbocycles. The van der Waals surface area contributed by atoms with E-state index in [1.807, 2.05) is 0 Å². The molecule has 224 valence electrons. The zero-order chi connectivity index (χ0) is 31.3. The third kappa shape index (κ3) is 7.59. The van der Waals surface area contributed by atoms with E-state index in [0.717, 1.165) is 27.7 Å². The fraction of sp³-hybridized carbons (Fsp3) is 0.400. The first-order valence-electron chi connectivity index (χ1n) is 13.0. The molecular weight excluding hydrogens is 572 g/mol. The number of hydrogen-bond donors (Lipinski definition) is 1. The molecule has 42 heavy (non-hydrogen) atoms. The third-order valence-electron chi connectivity index (χ3n) is 6.79. The topological polar surface area (TPSA) is 160 Å². The molecule has 1 N–H and O–H groups in total. The van der Waals surface area contributed by atoms with Gasteiger partial charge in [-0.05, 0) is 24.6 Å². The van der Waals surface area contributed by atoms with E-state index < -0.39 is 72.5 Å². The van der Waals surface area contributed by atoms with E-state index in [1.54, 1.807) is 0 Å². The summed E-state index contributed by atoms with van der Waals surface area (Å²) >= 11 is 6.40. The van der Waals surface area contributed by atoms with Gasteiger partial charge in [-0.15, -0.1) is 0 Å². The lowest BCUT2D eigenvalue weighted by molar-refractivity contribution is -0.217. The van der Waals surface area contributed by atoms with Crippen LogP contribution in [-0.4, -0.2) is 71.6 Å². The highest BCUT2D eigenvalue weighted by Crippen LogP contribution is 2.43. The molecule has 0 amide bonds. The molecule has 1 aliphatic rings.